The van der Waals surface area contributed by atoms with Crippen molar-refractivity contribution in [3.63, 3.8) is 0 Å². The fourth-order valence-electron chi connectivity index (χ4n) is 0. The Kier molecular flexibility index (Phi) is 215. The Labute approximate surface area is 63.5 Å². The van der Waals surface area contributed by atoms with Gasteiger partial charge in [0.25, 0.3) is 0 Å². The smallest absolute Gasteiger partial charge is 0 e. The second kappa shape index (κ2) is 21.2. The van der Waals surface area contributed by atoms with E-state index in [1.54, 1.807) is 0 Å². The average Bonchev–Trinajstić information content (AvgIpc) is 0. The van der Waals surface area contributed by atoms with Crippen LogP contribution >= 0.6 is 0 Å². The summed E-state index contributed by atoms with van der Waals surface area (Å²) in [7, 11) is 0. The molecule has 0 fully saturated rings. The minimum Gasteiger partial charge on any atom is -0.412 e. The second-order valence-electron chi connectivity index (χ2n) is 0. The summed E-state index contributed by atoms with van der Waals surface area (Å²) < 4.78 is 0. The van der Waals surface area contributed by atoms with Crippen LogP contribution in [0.2, 0.25) is 0 Å². The van der Waals surface area contributed by atoms with E-state index in [1.165, 1.54) is 0 Å². The Morgan fingerprint density at radius 2 is 0.500 bits per heavy atom. The molecule has 0 heterocycles. The fourth-order valence-corrected chi connectivity index (χ4v) is 0. The first-order valence-electron chi connectivity index (χ1n) is 0. The van der Waals surface area contributed by atoms with Crippen LogP contribution in [0.15, 0.2) is 0 Å². The van der Waals surface area contributed by atoms with Gasteiger partial charge in [0.1, 0.15) is 0 Å². The first kappa shape index (κ1) is 40.6. The summed E-state index contributed by atoms with van der Waals surface area (Å²) in [6.07, 6.45) is 0. The Bertz CT molecular complexity index is 3.25. The van der Waals surface area contributed by atoms with Gasteiger partial charge in [-0.05, 0) is 0 Å². The predicted molar refractivity (Wildman–Crippen MR) is 3.61 cm³/mol. The SMILES string of the molecule is O.[Zn].[Zn].[Zn]. The summed E-state index contributed by atoms with van der Waals surface area (Å²) >= 11 is 0. The molecule has 0 aromatic rings. The standard InChI is InChI=1S/H2O.3Zn/h1H2;;;. The van der Waals surface area contributed by atoms with Crippen LogP contribution in [-0.4, -0.2) is 5.48 Å². The minimum absolute atomic E-state index is 0. The van der Waals surface area contributed by atoms with Crippen LogP contribution in [0.3, 0.4) is 0 Å². The quantitative estimate of drug-likeness (QED) is 0.471. The molecular formula is H2OZn3. The second-order valence-corrected chi connectivity index (χ2v) is 0. The van der Waals surface area contributed by atoms with Gasteiger partial charge in [-0.15, -0.1) is 0 Å². The van der Waals surface area contributed by atoms with Crippen molar-refractivity contribution in [3.05, 3.63) is 0 Å². The molecule has 0 saturated heterocycles. The molecule has 4 heavy (non-hydrogen) atoms. The predicted octanol–water partition coefficient (Wildman–Crippen LogP) is -0.832. The van der Waals surface area contributed by atoms with E-state index in [2.05, 4.69) is 0 Å². The normalized spacial score (nSPS) is 0. The molecule has 0 aromatic heterocycles. The summed E-state index contributed by atoms with van der Waals surface area (Å²) in [4.78, 5) is 0. The zero-order valence-corrected chi connectivity index (χ0v) is 11.5. The Hall–Kier alpha value is 1.83. The molecule has 4 heteroatoms. The summed E-state index contributed by atoms with van der Waals surface area (Å²) in [6.45, 7) is 0. The van der Waals surface area contributed by atoms with Crippen molar-refractivity contribution < 1.29 is 63.9 Å². The van der Waals surface area contributed by atoms with E-state index in [1.807, 2.05) is 0 Å². The largest absolute Gasteiger partial charge is 0.412 e. The first-order chi connectivity index (χ1) is 0. The molecule has 1 nitrogen and oxygen atoms in total. The van der Waals surface area contributed by atoms with Gasteiger partial charge in [-0.3, -0.25) is 0 Å². The van der Waals surface area contributed by atoms with Crippen LogP contribution in [0, 0.1) is 0 Å². The van der Waals surface area contributed by atoms with Crippen molar-refractivity contribution in [2.45, 2.75) is 0 Å². The molecule has 0 aromatic carbocycles. The van der Waals surface area contributed by atoms with Crippen LogP contribution in [-0.2, 0) is 58.4 Å². The maximum atomic E-state index is 0. The van der Waals surface area contributed by atoms with E-state index < -0.39 is 0 Å². The van der Waals surface area contributed by atoms with Gasteiger partial charge in [0.15, 0.2) is 0 Å². The molecule has 0 rings (SSSR count). The molecular weight excluding hydrogens is 212 g/mol. The number of hydrogen-bond acceptors (Lipinski definition) is 0. The maximum Gasteiger partial charge on any atom is 0 e. The molecule has 2 N–H and O–H groups in total. The Balaban J connectivity index is 0. The van der Waals surface area contributed by atoms with Crippen molar-refractivity contribution in [1.82, 2.24) is 0 Å². The van der Waals surface area contributed by atoms with Crippen LogP contribution < -0.4 is 0 Å². The van der Waals surface area contributed by atoms with Crippen LogP contribution in [0.25, 0.3) is 0 Å². The van der Waals surface area contributed by atoms with Crippen LogP contribution in [0.4, 0.5) is 0 Å². The minimum atomic E-state index is 0. The molecule has 0 unspecified atom stereocenters. The van der Waals surface area contributed by atoms with Crippen molar-refractivity contribution in [2.75, 3.05) is 0 Å². The van der Waals surface area contributed by atoms with Crippen molar-refractivity contribution in [2.24, 2.45) is 0 Å². The van der Waals surface area contributed by atoms with Gasteiger partial charge in [-0.2, -0.15) is 0 Å². The molecule has 14 valence electrons. The molecule has 0 bridgehead atoms. The van der Waals surface area contributed by atoms with E-state index in [0.717, 1.165) is 0 Å². The summed E-state index contributed by atoms with van der Waals surface area (Å²) in [5.41, 5.74) is 0. The van der Waals surface area contributed by atoms with Gasteiger partial charge in [0.2, 0.25) is 0 Å². The average molecular weight is 214 g/mol. The third-order valence-electron chi connectivity index (χ3n) is 0. The molecule has 0 aliphatic rings. The molecule has 0 spiro atoms. The topological polar surface area (TPSA) is 31.5 Å². The van der Waals surface area contributed by atoms with Crippen molar-refractivity contribution in [1.29, 1.82) is 0 Å². The van der Waals surface area contributed by atoms with Crippen molar-refractivity contribution in [3.8, 4) is 0 Å². The van der Waals surface area contributed by atoms with Gasteiger partial charge in [0.05, 0.1) is 0 Å². The van der Waals surface area contributed by atoms with E-state index in [4.69, 9.17) is 0 Å². The van der Waals surface area contributed by atoms with E-state index in [-0.39, 0.29) is 63.9 Å². The molecule has 0 saturated carbocycles. The summed E-state index contributed by atoms with van der Waals surface area (Å²) in [6, 6.07) is 0. The van der Waals surface area contributed by atoms with E-state index >= 15 is 0 Å². The zero-order chi connectivity index (χ0) is 0. The third-order valence-corrected chi connectivity index (χ3v) is 0. The fraction of sp³-hybridized carbons (Fsp3) is 0. The van der Waals surface area contributed by atoms with Crippen LogP contribution in [0.1, 0.15) is 0 Å². The Morgan fingerprint density at radius 1 is 0.500 bits per heavy atom. The Morgan fingerprint density at radius 3 is 0.500 bits per heavy atom. The monoisotopic (exact) mass is 210 g/mol. The van der Waals surface area contributed by atoms with Crippen LogP contribution in [0.5, 0.6) is 0 Å². The van der Waals surface area contributed by atoms with E-state index in [9.17, 15) is 0 Å². The molecule has 0 atom stereocenters. The van der Waals surface area contributed by atoms with Gasteiger partial charge in [-0.1, -0.05) is 0 Å². The molecule has 0 radical (unpaired) electrons. The van der Waals surface area contributed by atoms with Gasteiger partial charge in [0, 0.05) is 58.4 Å². The molecule has 0 amide bonds. The first-order valence-corrected chi connectivity index (χ1v) is 0. The van der Waals surface area contributed by atoms with Crippen molar-refractivity contribution >= 4 is 0 Å². The van der Waals surface area contributed by atoms with E-state index in [0.29, 0.717) is 0 Å². The summed E-state index contributed by atoms with van der Waals surface area (Å²) in [5, 5.41) is 0. The maximum absolute atomic E-state index is 0. The van der Waals surface area contributed by atoms with Gasteiger partial charge < -0.3 is 5.48 Å². The number of rotatable bonds is 0. The zero-order valence-electron chi connectivity index (χ0n) is 2.62. The summed E-state index contributed by atoms with van der Waals surface area (Å²) in [5.74, 6) is 0. The molecule has 0 aliphatic heterocycles. The molecule has 0 aliphatic carbocycles. The van der Waals surface area contributed by atoms with Gasteiger partial charge >= 0.3 is 0 Å². The van der Waals surface area contributed by atoms with Gasteiger partial charge in [-0.25, -0.2) is 0 Å². The number of hydrogen-bond donors (Lipinski definition) is 0. The third kappa shape index (κ3) is 9.16.